The minimum absolute atomic E-state index is 0.0470. The zero-order valence-corrected chi connectivity index (χ0v) is 22.8. The number of nitriles is 1. The molecule has 0 aromatic heterocycles. The number of carbonyl (C=O) groups excluding carboxylic acids is 1. The van der Waals surface area contributed by atoms with Gasteiger partial charge in [-0.05, 0) is 91.4 Å². The lowest BCUT2D eigenvalue weighted by molar-refractivity contribution is -0.116. The maximum atomic E-state index is 13.5. The Morgan fingerprint density at radius 2 is 1.87 bits per heavy atom. The van der Waals surface area contributed by atoms with Crippen LogP contribution in [0, 0.1) is 31.0 Å². The molecule has 1 atom stereocenters. The summed E-state index contributed by atoms with van der Waals surface area (Å²) >= 11 is 7.91. The number of allylic oxidation sites excluding steroid dienone is 3. The van der Waals surface area contributed by atoms with E-state index in [4.69, 9.17) is 17.3 Å². The summed E-state index contributed by atoms with van der Waals surface area (Å²) in [6, 6.07) is 20.3. The molecule has 3 aromatic carbocycles. The van der Waals surface area contributed by atoms with Gasteiger partial charge >= 0.3 is 0 Å². The van der Waals surface area contributed by atoms with Gasteiger partial charge in [-0.2, -0.15) is 5.26 Å². The van der Waals surface area contributed by atoms with Gasteiger partial charge in [-0.25, -0.2) is 4.39 Å². The highest BCUT2D eigenvalue weighted by molar-refractivity contribution is 7.98. The molecule has 0 spiro atoms. The van der Waals surface area contributed by atoms with Gasteiger partial charge in [0.1, 0.15) is 11.6 Å². The van der Waals surface area contributed by atoms with Gasteiger partial charge in [0.05, 0.1) is 17.6 Å². The van der Waals surface area contributed by atoms with Crippen LogP contribution in [0.1, 0.15) is 47.4 Å². The van der Waals surface area contributed by atoms with Crippen LogP contribution in [-0.2, 0) is 10.5 Å². The van der Waals surface area contributed by atoms with E-state index in [2.05, 4.69) is 25.1 Å². The van der Waals surface area contributed by atoms with Gasteiger partial charge in [0, 0.05) is 39.0 Å². The first kappa shape index (κ1) is 26.1. The number of thioether (sulfide) groups is 1. The van der Waals surface area contributed by atoms with Crippen LogP contribution in [0.5, 0.6) is 0 Å². The fourth-order valence-electron chi connectivity index (χ4n) is 5.38. The fraction of sp³-hybridized carbons (Fsp3) is 0.226. The second-order valence-corrected chi connectivity index (χ2v) is 11.2. The number of benzene rings is 3. The van der Waals surface area contributed by atoms with Crippen LogP contribution >= 0.6 is 23.4 Å². The Balaban J connectivity index is 1.62. The van der Waals surface area contributed by atoms with E-state index in [-0.39, 0.29) is 11.6 Å². The smallest absolute Gasteiger partial charge is 0.161 e. The van der Waals surface area contributed by atoms with Crippen LogP contribution in [0.25, 0.3) is 0 Å². The maximum Gasteiger partial charge on any atom is 0.161 e. The minimum atomic E-state index is -0.534. The molecular weight excluding hydrogens is 517 g/mol. The number of rotatable bonds is 5. The summed E-state index contributed by atoms with van der Waals surface area (Å²) in [4.78, 5) is 16.3. The fourth-order valence-corrected chi connectivity index (χ4v) is 6.53. The first-order valence-corrected chi connectivity index (χ1v) is 13.8. The second-order valence-electron chi connectivity index (χ2n) is 9.67. The van der Waals surface area contributed by atoms with Gasteiger partial charge in [0.25, 0.3) is 0 Å². The average Bonchev–Trinajstić information content (AvgIpc) is 2.89. The van der Waals surface area contributed by atoms with Gasteiger partial charge in [-0.1, -0.05) is 29.8 Å². The predicted octanol–water partition coefficient (Wildman–Crippen LogP) is 7.69. The van der Waals surface area contributed by atoms with E-state index in [9.17, 15) is 14.4 Å². The molecule has 0 bridgehead atoms. The lowest BCUT2D eigenvalue weighted by Gasteiger charge is -2.40. The SMILES string of the molecule is Cc1cc(C)c(C2C(C#N)=C(N)N(c3cccc(Cl)c3)C3=C2C(=O)CCC3)cc1CSc1ccc(F)cc1. The Morgan fingerprint density at radius 3 is 2.58 bits per heavy atom. The van der Waals surface area contributed by atoms with Crippen molar-refractivity contribution in [1.82, 2.24) is 0 Å². The molecule has 0 radical (unpaired) electrons. The number of anilines is 1. The highest BCUT2D eigenvalue weighted by Crippen LogP contribution is 2.47. The summed E-state index contributed by atoms with van der Waals surface area (Å²) < 4.78 is 13.4. The third kappa shape index (κ3) is 4.84. The first-order valence-electron chi connectivity index (χ1n) is 12.5. The molecule has 4 nitrogen and oxygen atoms in total. The van der Waals surface area contributed by atoms with Crippen LogP contribution in [0.3, 0.4) is 0 Å². The van der Waals surface area contributed by atoms with E-state index in [0.29, 0.717) is 40.6 Å². The van der Waals surface area contributed by atoms with Crippen LogP contribution in [0.4, 0.5) is 10.1 Å². The van der Waals surface area contributed by atoms with E-state index >= 15 is 0 Å². The maximum absolute atomic E-state index is 13.5. The molecule has 1 aliphatic carbocycles. The molecule has 1 unspecified atom stereocenters. The monoisotopic (exact) mass is 543 g/mol. The topological polar surface area (TPSA) is 70.1 Å². The normalized spacial score (nSPS) is 17.5. The van der Waals surface area contributed by atoms with Crippen molar-refractivity contribution in [1.29, 1.82) is 5.26 Å². The summed E-state index contributed by atoms with van der Waals surface area (Å²) in [5, 5.41) is 10.9. The summed E-state index contributed by atoms with van der Waals surface area (Å²) in [5.41, 5.74) is 13.4. The largest absolute Gasteiger partial charge is 0.384 e. The molecule has 1 aliphatic heterocycles. The van der Waals surface area contributed by atoms with Crippen LogP contribution in [0.2, 0.25) is 5.02 Å². The highest BCUT2D eigenvalue weighted by Gasteiger charge is 2.41. The Kier molecular flexibility index (Phi) is 7.34. The van der Waals surface area contributed by atoms with Gasteiger partial charge in [0.2, 0.25) is 0 Å². The van der Waals surface area contributed by atoms with Gasteiger partial charge < -0.3 is 5.73 Å². The van der Waals surface area contributed by atoms with Gasteiger partial charge in [-0.3, -0.25) is 9.69 Å². The number of hydrogen-bond donors (Lipinski definition) is 1. The summed E-state index contributed by atoms with van der Waals surface area (Å²) in [7, 11) is 0. The van der Waals surface area contributed by atoms with Crippen LogP contribution in [-0.4, -0.2) is 5.78 Å². The molecule has 38 heavy (non-hydrogen) atoms. The van der Waals surface area contributed by atoms with E-state index in [0.717, 1.165) is 45.0 Å². The number of carbonyl (C=O) groups is 1. The molecule has 2 N–H and O–H groups in total. The molecular formula is C31H27ClFN3OS. The highest BCUT2D eigenvalue weighted by atomic mass is 35.5. The number of ketones is 1. The molecule has 3 aromatic rings. The summed E-state index contributed by atoms with van der Waals surface area (Å²) in [6.07, 6.45) is 1.85. The van der Waals surface area contributed by atoms with Crippen molar-refractivity contribution in [3.05, 3.63) is 116 Å². The molecule has 5 rings (SSSR count). The van der Waals surface area contributed by atoms with E-state index in [1.807, 2.05) is 24.0 Å². The molecule has 2 aliphatic rings. The number of Topliss-reactive ketones (excluding diaryl/α,β-unsaturated/α-hetero) is 1. The Labute approximate surface area is 231 Å². The molecule has 7 heteroatoms. The summed E-state index contributed by atoms with van der Waals surface area (Å²) in [5.74, 6) is 0.254. The molecule has 0 amide bonds. The van der Waals surface area contributed by atoms with Crippen molar-refractivity contribution in [3.63, 3.8) is 0 Å². The van der Waals surface area contributed by atoms with Crippen molar-refractivity contribution < 1.29 is 9.18 Å². The first-order chi connectivity index (χ1) is 18.3. The van der Waals surface area contributed by atoms with Gasteiger partial charge in [-0.15, -0.1) is 11.8 Å². The van der Waals surface area contributed by atoms with E-state index in [1.54, 1.807) is 36.0 Å². The van der Waals surface area contributed by atoms with Crippen molar-refractivity contribution in [2.45, 2.75) is 49.7 Å². The Hall–Kier alpha value is -3.53. The molecule has 192 valence electrons. The number of nitrogens with two attached hydrogens (primary N) is 1. The quantitative estimate of drug-likeness (QED) is 0.334. The van der Waals surface area contributed by atoms with E-state index in [1.165, 1.54) is 12.1 Å². The number of halogens is 2. The zero-order chi connectivity index (χ0) is 27.0. The number of nitrogens with zero attached hydrogens (tertiary/aromatic N) is 2. The number of hydrogen-bond acceptors (Lipinski definition) is 5. The van der Waals surface area contributed by atoms with Crippen molar-refractivity contribution in [2.24, 2.45) is 5.73 Å². The second kappa shape index (κ2) is 10.7. The predicted molar refractivity (Wildman–Crippen MR) is 151 cm³/mol. The molecule has 0 saturated heterocycles. The van der Waals surface area contributed by atoms with Crippen LogP contribution in [0.15, 0.2) is 88.2 Å². The zero-order valence-electron chi connectivity index (χ0n) is 21.2. The lowest BCUT2D eigenvalue weighted by atomic mass is 9.74. The summed E-state index contributed by atoms with van der Waals surface area (Å²) in [6.45, 7) is 4.08. The third-order valence-electron chi connectivity index (χ3n) is 7.22. The lowest BCUT2D eigenvalue weighted by Crippen LogP contribution is -2.38. The van der Waals surface area contributed by atoms with Gasteiger partial charge in [0.15, 0.2) is 5.78 Å². The average molecular weight is 544 g/mol. The molecule has 0 fully saturated rings. The standard InChI is InChI=1S/C31H27ClFN3OS/c1-18-13-19(2)25(14-20(18)17-38-24-11-9-22(33)10-12-24)29-26(16-34)31(35)36(23-6-3-5-21(32)15-23)27-7-4-8-28(37)30(27)29/h3,5-6,9-15,29H,4,7-8,17,35H2,1-2H3. The molecule has 1 heterocycles. The minimum Gasteiger partial charge on any atom is -0.384 e. The number of aryl methyl sites for hydroxylation is 2. The van der Waals surface area contributed by atoms with Crippen molar-refractivity contribution in [3.8, 4) is 6.07 Å². The molecule has 0 saturated carbocycles. The Morgan fingerprint density at radius 1 is 1.11 bits per heavy atom. The van der Waals surface area contributed by atoms with Crippen molar-refractivity contribution >= 4 is 34.8 Å². The van der Waals surface area contributed by atoms with Crippen LogP contribution < -0.4 is 10.6 Å². The van der Waals surface area contributed by atoms with E-state index < -0.39 is 5.92 Å². The van der Waals surface area contributed by atoms with Crippen molar-refractivity contribution in [2.75, 3.05) is 4.90 Å². The Bertz CT molecular complexity index is 1540. The third-order valence-corrected chi connectivity index (χ3v) is 8.52.